The summed E-state index contributed by atoms with van der Waals surface area (Å²) >= 11 is 0. The van der Waals surface area contributed by atoms with Crippen molar-refractivity contribution in [2.45, 2.75) is 51.1 Å². The molecule has 9 nitrogen and oxygen atoms in total. The SMILES string of the molecule is Cc1nc(N)ccc1CNC(=O)[C@@H]1CCc2cnc(NCC3c4ccccc4CCc4cccnc43)c(=O)n21.Cl.Cl. The molecule has 1 amide bonds. The average molecular weight is 595 g/mol. The van der Waals surface area contributed by atoms with Crippen LogP contribution in [-0.4, -0.2) is 32.0 Å². The zero-order chi connectivity index (χ0) is 26.9. The summed E-state index contributed by atoms with van der Waals surface area (Å²) < 4.78 is 1.59. The van der Waals surface area contributed by atoms with Crippen molar-refractivity contribution in [3.63, 3.8) is 0 Å². The number of rotatable bonds is 6. The highest BCUT2D eigenvalue weighted by molar-refractivity contribution is 5.85. The molecule has 2 aliphatic rings. The molecule has 2 atom stereocenters. The summed E-state index contributed by atoms with van der Waals surface area (Å²) in [6, 6.07) is 15.5. The molecule has 1 unspecified atom stereocenters. The fourth-order valence-electron chi connectivity index (χ4n) is 5.81. The van der Waals surface area contributed by atoms with Gasteiger partial charge in [0.05, 0.1) is 5.69 Å². The number of halogens is 2. The first-order valence-electron chi connectivity index (χ1n) is 13.3. The minimum absolute atomic E-state index is 0. The van der Waals surface area contributed by atoms with Crippen molar-refractivity contribution in [1.82, 2.24) is 24.8 Å². The zero-order valence-electron chi connectivity index (χ0n) is 22.7. The van der Waals surface area contributed by atoms with E-state index in [0.717, 1.165) is 35.5 Å². The average Bonchev–Trinajstić information content (AvgIpc) is 3.32. The van der Waals surface area contributed by atoms with Gasteiger partial charge in [0.15, 0.2) is 5.82 Å². The molecule has 0 saturated heterocycles. The van der Waals surface area contributed by atoms with Gasteiger partial charge in [0, 0.05) is 42.8 Å². The van der Waals surface area contributed by atoms with E-state index < -0.39 is 6.04 Å². The van der Waals surface area contributed by atoms with Crippen molar-refractivity contribution in [1.29, 1.82) is 0 Å². The maximum Gasteiger partial charge on any atom is 0.294 e. The molecule has 0 bridgehead atoms. The molecule has 3 aromatic heterocycles. The van der Waals surface area contributed by atoms with Crippen molar-refractivity contribution < 1.29 is 4.79 Å². The Kier molecular flexibility index (Phi) is 9.30. The second-order valence-electron chi connectivity index (χ2n) is 10.2. The van der Waals surface area contributed by atoms with Gasteiger partial charge in [-0.05, 0) is 67.0 Å². The standard InChI is InChI=1S/C30H31N7O2.2ClH/c1-18-21(10-13-26(31)36-18)15-35-29(38)25-12-11-22-16-33-28(30(39)37(22)25)34-17-24-23-7-3-2-5-19(23)8-9-20-6-4-14-32-27(20)24;;/h2-7,10,13-14,16,24-25H,8-9,11-12,15,17H2,1H3,(H2,31,36)(H,33,34)(H,35,38);2*1H/t24?,25-;;/m0../s1. The van der Waals surface area contributed by atoms with Crippen LogP contribution in [0.5, 0.6) is 0 Å². The Labute approximate surface area is 250 Å². The summed E-state index contributed by atoms with van der Waals surface area (Å²) in [5.74, 6) is 0.476. The maximum absolute atomic E-state index is 13.6. The Morgan fingerprint density at radius 2 is 1.80 bits per heavy atom. The van der Waals surface area contributed by atoms with Gasteiger partial charge in [-0.3, -0.25) is 19.1 Å². The number of pyridine rings is 2. The molecule has 0 radical (unpaired) electrons. The third kappa shape index (κ3) is 5.92. The van der Waals surface area contributed by atoms with Crippen LogP contribution in [0, 0.1) is 6.92 Å². The van der Waals surface area contributed by atoms with Gasteiger partial charge >= 0.3 is 0 Å². The number of nitrogens with one attached hydrogen (secondary N) is 2. The molecule has 214 valence electrons. The van der Waals surface area contributed by atoms with Crippen LogP contribution in [0.15, 0.2) is 65.7 Å². The lowest BCUT2D eigenvalue weighted by Crippen LogP contribution is -2.36. The normalized spacial score (nSPS) is 16.6. The highest BCUT2D eigenvalue weighted by Gasteiger charge is 2.31. The Bertz CT molecular complexity index is 1580. The number of amides is 1. The van der Waals surface area contributed by atoms with E-state index in [1.54, 1.807) is 16.8 Å². The lowest BCUT2D eigenvalue weighted by molar-refractivity contribution is -0.124. The molecule has 41 heavy (non-hydrogen) atoms. The number of nitrogens with two attached hydrogens (primary N) is 1. The third-order valence-corrected chi connectivity index (χ3v) is 7.86. The van der Waals surface area contributed by atoms with Gasteiger partial charge in [0.2, 0.25) is 5.91 Å². The molecule has 1 aliphatic heterocycles. The molecule has 0 fully saturated rings. The van der Waals surface area contributed by atoms with Crippen molar-refractivity contribution in [2.24, 2.45) is 0 Å². The molecular formula is C30H33Cl2N7O2. The Morgan fingerprint density at radius 3 is 2.63 bits per heavy atom. The highest BCUT2D eigenvalue weighted by atomic mass is 35.5. The summed E-state index contributed by atoms with van der Waals surface area (Å²) in [6.45, 7) is 2.66. The summed E-state index contributed by atoms with van der Waals surface area (Å²) in [5, 5.41) is 6.29. The number of hydrogen-bond donors (Lipinski definition) is 3. The van der Waals surface area contributed by atoms with Crippen LogP contribution in [-0.2, 0) is 30.6 Å². The van der Waals surface area contributed by atoms with E-state index in [2.05, 4.69) is 44.9 Å². The fraction of sp³-hybridized carbons (Fsp3) is 0.300. The van der Waals surface area contributed by atoms with Gasteiger partial charge in [-0.25, -0.2) is 9.97 Å². The maximum atomic E-state index is 13.6. The molecule has 1 aliphatic carbocycles. The molecular weight excluding hydrogens is 561 g/mol. The van der Waals surface area contributed by atoms with Gasteiger partial charge in [-0.15, -0.1) is 24.8 Å². The Morgan fingerprint density at radius 1 is 1.02 bits per heavy atom. The smallest absolute Gasteiger partial charge is 0.294 e. The Balaban J connectivity index is 0.00000194. The number of fused-ring (bicyclic) bond motifs is 3. The van der Waals surface area contributed by atoms with Gasteiger partial charge in [0.1, 0.15) is 11.9 Å². The van der Waals surface area contributed by atoms with E-state index >= 15 is 0 Å². The van der Waals surface area contributed by atoms with Gasteiger partial charge in [0.25, 0.3) is 5.56 Å². The number of aryl methyl sites for hydroxylation is 4. The van der Waals surface area contributed by atoms with E-state index in [1.165, 1.54) is 16.7 Å². The fourth-order valence-corrected chi connectivity index (χ4v) is 5.81. The number of benzene rings is 1. The van der Waals surface area contributed by atoms with Crippen molar-refractivity contribution in [3.05, 3.63) is 111 Å². The molecule has 1 aromatic carbocycles. The third-order valence-electron chi connectivity index (χ3n) is 7.86. The van der Waals surface area contributed by atoms with Crippen LogP contribution < -0.4 is 21.9 Å². The molecule has 4 aromatic rings. The number of nitrogens with zero attached hydrogens (tertiary/aromatic N) is 4. The number of anilines is 2. The molecule has 4 N–H and O–H groups in total. The van der Waals surface area contributed by atoms with Crippen molar-refractivity contribution in [3.8, 4) is 0 Å². The van der Waals surface area contributed by atoms with Gasteiger partial charge < -0.3 is 16.4 Å². The van der Waals surface area contributed by atoms with Gasteiger partial charge in [-0.2, -0.15) is 0 Å². The highest BCUT2D eigenvalue weighted by Crippen LogP contribution is 2.33. The second-order valence-corrected chi connectivity index (χ2v) is 10.2. The molecule has 6 rings (SSSR count). The quantitative estimate of drug-likeness (QED) is 0.309. The van der Waals surface area contributed by atoms with Crippen LogP contribution in [0.25, 0.3) is 0 Å². The second kappa shape index (κ2) is 12.7. The predicted molar refractivity (Wildman–Crippen MR) is 164 cm³/mol. The van der Waals surface area contributed by atoms with E-state index in [1.807, 2.05) is 31.3 Å². The number of carbonyl (C=O) groups excluding carboxylic acids is 1. The van der Waals surface area contributed by atoms with Crippen LogP contribution >= 0.6 is 24.8 Å². The number of hydrogen-bond acceptors (Lipinski definition) is 7. The minimum Gasteiger partial charge on any atom is -0.384 e. The minimum atomic E-state index is -0.584. The van der Waals surface area contributed by atoms with Crippen LogP contribution in [0.3, 0.4) is 0 Å². The first-order chi connectivity index (χ1) is 19.0. The first kappa shape index (κ1) is 30.0. The summed E-state index contributed by atoms with van der Waals surface area (Å²) in [4.78, 5) is 40.2. The molecule has 4 heterocycles. The zero-order valence-corrected chi connectivity index (χ0v) is 24.3. The monoisotopic (exact) mass is 593 g/mol. The van der Waals surface area contributed by atoms with E-state index in [4.69, 9.17) is 10.7 Å². The van der Waals surface area contributed by atoms with E-state index in [-0.39, 0.29) is 48.0 Å². The van der Waals surface area contributed by atoms with Gasteiger partial charge in [-0.1, -0.05) is 36.4 Å². The number of nitrogen functional groups attached to an aromatic ring is 1. The van der Waals surface area contributed by atoms with Crippen LogP contribution in [0.1, 0.15) is 57.7 Å². The summed E-state index contributed by atoms with van der Waals surface area (Å²) in [7, 11) is 0. The van der Waals surface area contributed by atoms with E-state index in [0.29, 0.717) is 31.7 Å². The largest absolute Gasteiger partial charge is 0.384 e. The van der Waals surface area contributed by atoms with E-state index in [9.17, 15) is 9.59 Å². The molecule has 0 saturated carbocycles. The predicted octanol–water partition coefficient (Wildman–Crippen LogP) is 3.91. The number of aromatic nitrogens is 4. The Hall–Kier alpha value is -3.95. The number of carbonyl (C=O) groups is 1. The van der Waals surface area contributed by atoms with Crippen LogP contribution in [0.4, 0.5) is 11.6 Å². The molecule has 0 spiro atoms. The molecule has 11 heteroatoms. The topological polar surface area (TPSA) is 128 Å². The summed E-state index contributed by atoms with van der Waals surface area (Å²) in [5.41, 5.74) is 12.7. The van der Waals surface area contributed by atoms with Crippen molar-refractivity contribution >= 4 is 42.4 Å². The lowest BCUT2D eigenvalue weighted by Gasteiger charge is -2.21. The summed E-state index contributed by atoms with van der Waals surface area (Å²) in [6.07, 6.45) is 6.59. The van der Waals surface area contributed by atoms with Crippen molar-refractivity contribution in [2.75, 3.05) is 17.6 Å². The first-order valence-corrected chi connectivity index (χ1v) is 13.3. The lowest BCUT2D eigenvalue weighted by atomic mass is 9.91. The van der Waals surface area contributed by atoms with Crippen LogP contribution in [0.2, 0.25) is 0 Å².